The summed E-state index contributed by atoms with van der Waals surface area (Å²) in [5, 5.41) is 13.6. The van der Waals surface area contributed by atoms with E-state index in [0.29, 0.717) is 0 Å². The molecule has 4 aromatic carbocycles. The number of hydrogen-bond acceptors (Lipinski definition) is 3. The van der Waals surface area contributed by atoms with Gasteiger partial charge in [0.1, 0.15) is 0 Å². The monoisotopic (exact) mass is 400 g/mol. The number of rotatable bonds is 2. The van der Waals surface area contributed by atoms with Crippen LogP contribution in [0.4, 0.5) is 0 Å². The second-order valence-electron chi connectivity index (χ2n) is 7.14. The van der Waals surface area contributed by atoms with Gasteiger partial charge in [0.2, 0.25) is 0 Å². The van der Waals surface area contributed by atoms with Crippen LogP contribution in [0.15, 0.2) is 115 Å². The van der Waals surface area contributed by atoms with Gasteiger partial charge in [0.15, 0.2) is 0 Å². The minimum Gasteiger partial charge on any atom is -0.354 e. The Morgan fingerprint density at radius 2 is 1.23 bits per heavy atom. The van der Waals surface area contributed by atoms with Crippen LogP contribution in [-0.2, 0) is 0 Å². The van der Waals surface area contributed by atoms with Crippen molar-refractivity contribution >= 4 is 21.8 Å². The van der Waals surface area contributed by atoms with Crippen LogP contribution in [0.3, 0.4) is 0 Å². The van der Waals surface area contributed by atoms with Crippen LogP contribution in [0.2, 0.25) is 0 Å². The molecule has 0 fully saturated rings. The van der Waals surface area contributed by atoms with Gasteiger partial charge in [-0.25, -0.2) is 0 Å². The molecule has 0 atom stereocenters. The highest BCUT2D eigenvalue weighted by Gasteiger charge is 2.08. The highest BCUT2D eigenvalue weighted by molar-refractivity contribution is 6.11. The lowest BCUT2D eigenvalue weighted by molar-refractivity contribution is 0.870. The zero-order valence-electron chi connectivity index (χ0n) is 16.8. The summed E-state index contributed by atoms with van der Waals surface area (Å²) in [6.45, 7) is 0. The summed E-state index contributed by atoms with van der Waals surface area (Å²) in [5.74, 6) is 0. The highest BCUT2D eigenvalue weighted by Crippen LogP contribution is 2.32. The van der Waals surface area contributed by atoms with Gasteiger partial charge in [-0.15, -0.1) is 10.2 Å². The number of hydrogen-bond donors (Lipinski definition) is 1. The number of fused-ring (bicyclic) bond motifs is 3. The average Bonchev–Trinajstić information content (AvgIpc) is 3.25. The standard InChI is InChI=1S/C18H13N.C9H7N3/c1-2-7-13(8-3-1)14-10-6-11-16-15-9-4-5-12-17(15)19-18(14)16;1-2-4-8(5-3-1)9-6-7-10-12-11-9/h1-12,19H;1-7H. The molecule has 2 heterocycles. The molecule has 2 aromatic heterocycles. The van der Waals surface area contributed by atoms with Crippen LogP contribution in [-0.4, -0.2) is 20.4 Å². The molecule has 1 N–H and O–H groups in total. The number of H-pyrrole nitrogens is 1. The molecule has 6 rings (SSSR count). The summed E-state index contributed by atoms with van der Waals surface area (Å²) in [7, 11) is 0. The molecule has 0 bridgehead atoms. The fraction of sp³-hybridized carbons (Fsp3) is 0. The molecule has 6 aromatic rings. The number of aromatic amines is 1. The molecular weight excluding hydrogens is 380 g/mol. The van der Waals surface area contributed by atoms with Crippen molar-refractivity contribution in [2.45, 2.75) is 0 Å². The number of aromatic nitrogens is 4. The first-order chi connectivity index (χ1) is 15.4. The van der Waals surface area contributed by atoms with Gasteiger partial charge in [0, 0.05) is 27.4 Å². The summed E-state index contributed by atoms with van der Waals surface area (Å²) in [4.78, 5) is 3.55. The largest absolute Gasteiger partial charge is 0.354 e. The van der Waals surface area contributed by atoms with E-state index >= 15 is 0 Å². The van der Waals surface area contributed by atoms with Crippen molar-refractivity contribution in [1.29, 1.82) is 0 Å². The van der Waals surface area contributed by atoms with Crippen LogP contribution >= 0.6 is 0 Å². The normalized spacial score (nSPS) is 10.6. The maximum Gasteiger partial charge on any atom is 0.0963 e. The van der Waals surface area contributed by atoms with E-state index in [0.717, 1.165) is 11.3 Å². The van der Waals surface area contributed by atoms with E-state index in [4.69, 9.17) is 0 Å². The van der Waals surface area contributed by atoms with Crippen molar-refractivity contribution in [2.75, 3.05) is 0 Å². The van der Waals surface area contributed by atoms with E-state index < -0.39 is 0 Å². The lowest BCUT2D eigenvalue weighted by atomic mass is 10.0. The molecule has 0 aliphatic rings. The van der Waals surface area contributed by atoms with Crippen molar-refractivity contribution in [3.05, 3.63) is 115 Å². The summed E-state index contributed by atoms with van der Waals surface area (Å²) in [6, 6.07) is 37.2. The van der Waals surface area contributed by atoms with Crippen molar-refractivity contribution in [3.63, 3.8) is 0 Å². The second-order valence-corrected chi connectivity index (χ2v) is 7.14. The number of nitrogens with zero attached hydrogens (tertiary/aromatic N) is 3. The van der Waals surface area contributed by atoms with Crippen molar-refractivity contribution in [2.24, 2.45) is 0 Å². The van der Waals surface area contributed by atoms with Crippen LogP contribution in [0.5, 0.6) is 0 Å². The molecule has 0 saturated carbocycles. The minimum absolute atomic E-state index is 0.852. The van der Waals surface area contributed by atoms with Crippen molar-refractivity contribution in [1.82, 2.24) is 20.4 Å². The van der Waals surface area contributed by atoms with Gasteiger partial charge in [-0.1, -0.05) is 97.1 Å². The zero-order chi connectivity index (χ0) is 20.9. The molecule has 31 heavy (non-hydrogen) atoms. The first-order valence-electron chi connectivity index (χ1n) is 10.1. The third kappa shape index (κ3) is 3.91. The molecule has 0 aliphatic heterocycles. The van der Waals surface area contributed by atoms with Gasteiger partial charge in [0.25, 0.3) is 0 Å². The molecule has 0 radical (unpaired) electrons. The fourth-order valence-corrected chi connectivity index (χ4v) is 3.74. The Bertz CT molecular complexity index is 1370. The summed E-state index contributed by atoms with van der Waals surface area (Å²) < 4.78 is 0. The molecule has 4 nitrogen and oxygen atoms in total. The number of nitrogens with one attached hydrogen (secondary N) is 1. The summed E-state index contributed by atoms with van der Waals surface area (Å²) in [5.41, 5.74) is 6.84. The predicted octanol–water partition coefficient (Wildman–Crippen LogP) is 6.53. The van der Waals surface area contributed by atoms with E-state index in [2.05, 4.69) is 93.2 Å². The SMILES string of the molecule is c1ccc(-c2cccc3c2[nH]c2ccccc23)cc1.c1ccc(-c2ccnnn2)cc1. The van der Waals surface area contributed by atoms with E-state index in [1.165, 1.54) is 32.9 Å². The maximum absolute atomic E-state index is 3.89. The van der Waals surface area contributed by atoms with Crippen LogP contribution in [0.25, 0.3) is 44.2 Å². The average molecular weight is 400 g/mol. The van der Waals surface area contributed by atoms with Crippen LogP contribution in [0.1, 0.15) is 0 Å². The van der Waals surface area contributed by atoms with E-state index in [9.17, 15) is 0 Å². The van der Waals surface area contributed by atoms with Gasteiger partial charge in [-0.05, 0) is 22.9 Å². The Kier molecular flexibility index (Phi) is 5.18. The van der Waals surface area contributed by atoms with Crippen molar-refractivity contribution in [3.8, 4) is 22.4 Å². The Labute approximate surface area is 180 Å². The molecule has 0 aliphatic carbocycles. The quantitative estimate of drug-likeness (QED) is 0.360. The number of para-hydroxylation sites is 2. The first kappa shape index (κ1) is 18.7. The zero-order valence-corrected chi connectivity index (χ0v) is 16.8. The van der Waals surface area contributed by atoms with Gasteiger partial charge < -0.3 is 4.98 Å². The Hall–Kier alpha value is -4.31. The smallest absolute Gasteiger partial charge is 0.0963 e. The molecular formula is C27H20N4. The minimum atomic E-state index is 0.852. The first-order valence-corrected chi connectivity index (χ1v) is 10.1. The Balaban J connectivity index is 0.000000147. The molecule has 0 unspecified atom stereocenters. The number of benzene rings is 4. The third-order valence-corrected chi connectivity index (χ3v) is 5.20. The molecule has 4 heteroatoms. The lowest BCUT2D eigenvalue weighted by Gasteiger charge is -2.03. The molecule has 0 spiro atoms. The van der Waals surface area contributed by atoms with Crippen molar-refractivity contribution < 1.29 is 0 Å². The predicted molar refractivity (Wildman–Crippen MR) is 127 cm³/mol. The van der Waals surface area contributed by atoms with Gasteiger partial charge in [-0.3, -0.25) is 0 Å². The lowest BCUT2D eigenvalue weighted by Crippen LogP contribution is -1.88. The summed E-state index contributed by atoms with van der Waals surface area (Å²) in [6.07, 6.45) is 1.63. The Morgan fingerprint density at radius 1 is 0.548 bits per heavy atom. The van der Waals surface area contributed by atoms with E-state index in [1.807, 2.05) is 36.4 Å². The van der Waals surface area contributed by atoms with Gasteiger partial charge >= 0.3 is 0 Å². The van der Waals surface area contributed by atoms with Crippen LogP contribution in [0, 0.1) is 0 Å². The molecule has 0 saturated heterocycles. The van der Waals surface area contributed by atoms with E-state index in [1.54, 1.807) is 6.20 Å². The van der Waals surface area contributed by atoms with Gasteiger partial charge in [0.05, 0.1) is 17.4 Å². The maximum atomic E-state index is 3.89. The molecule has 0 amide bonds. The third-order valence-electron chi connectivity index (χ3n) is 5.20. The summed E-state index contributed by atoms with van der Waals surface area (Å²) >= 11 is 0. The molecule has 148 valence electrons. The Morgan fingerprint density at radius 3 is 1.97 bits per heavy atom. The van der Waals surface area contributed by atoms with E-state index in [-0.39, 0.29) is 0 Å². The second kappa shape index (κ2) is 8.59. The van der Waals surface area contributed by atoms with Gasteiger partial charge in [-0.2, -0.15) is 0 Å². The highest BCUT2D eigenvalue weighted by atomic mass is 15.3. The van der Waals surface area contributed by atoms with Crippen LogP contribution < -0.4 is 0 Å². The topological polar surface area (TPSA) is 54.5 Å². The fourth-order valence-electron chi connectivity index (χ4n) is 3.74.